The smallest absolute Gasteiger partial charge is 0.129 e. The topological polar surface area (TPSA) is 41.5 Å². The number of aromatic nitrogens is 2. The highest BCUT2D eigenvalue weighted by Crippen LogP contribution is 2.26. The van der Waals surface area contributed by atoms with E-state index in [0.717, 1.165) is 44.3 Å². The number of fused-ring (bicyclic) bond motifs is 1. The second-order valence-corrected chi connectivity index (χ2v) is 8.47. The van der Waals surface area contributed by atoms with Gasteiger partial charge in [0, 0.05) is 50.5 Å². The first kappa shape index (κ1) is 19.8. The standard InChI is InChI=1S/C26H28N4O/c1-19-13-23(7-9-27-19)22-5-3-21(4-6-22)17-29-10-8-24-14-26(28-15-25(24)18-29)30-11-12-31-20(2)16-30/h3-10,13-15,20H,11-12,16-18H2,1-2H3. The zero-order chi connectivity index (χ0) is 21.2. The van der Waals surface area contributed by atoms with Gasteiger partial charge in [-0.25, -0.2) is 4.98 Å². The molecule has 2 aromatic heterocycles. The summed E-state index contributed by atoms with van der Waals surface area (Å²) in [6.07, 6.45) is 8.58. The second-order valence-electron chi connectivity index (χ2n) is 8.47. The normalized spacial score (nSPS) is 18.2. The van der Waals surface area contributed by atoms with Crippen molar-refractivity contribution >= 4 is 11.9 Å². The fourth-order valence-corrected chi connectivity index (χ4v) is 4.30. The van der Waals surface area contributed by atoms with Crippen LogP contribution in [-0.2, 0) is 17.8 Å². The van der Waals surface area contributed by atoms with Crippen LogP contribution in [-0.4, -0.2) is 40.7 Å². The van der Waals surface area contributed by atoms with Gasteiger partial charge in [0.1, 0.15) is 5.82 Å². The fraction of sp³-hybridized carbons (Fsp3) is 0.308. The molecular formula is C26H28N4O. The number of hydrogen-bond donors (Lipinski definition) is 0. The van der Waals surface area contributed by atoms with Crippen molar-refractivity contribution in [2.45, 2.75) is 33.0 Å². The lowest BCUT2D eigenvalue weighted by Crippen LogP contribution is -2.41. The first-order valence-electron chi connectivity index (χ1n) is 10.9. The molecule has 5 heteroatoms. The third-order valence-electron chi connectivity index (χ3n) is 5.98. The number of rotatable bonds is 4. The van der Waals surface area contributed by atoms with Gasteiger partial charge in [0.05, 0.1) is 12.7 Å². The van der Waals surface area contributed by atoms with E-state index in [1.165, 1.54) is 27.8 Å². The van der Waals surface area contributed by atoms with Gasteiger partial charge in [-0.15, -0.1) is 0 Å². The molecule has 1 fully saturated rings. The average Bonchev–Trinajstić information content (AvgIpc) is 2.79. The van der Waals surface area contributed by atoms with E-state index in [0.29, 0.717) is 0 Å². The third kappa shape index (κ3) is 4.47. The molecule has 0 radical (unpaired) electrons. The van der Waals surface area contributed by atoms with Gasteiger partial charge in [-0.3, -0.25) is 4.98 Å². The molecule has 0 spiro atoms. The molecule has 0 saturated carbocycles. The van der Waals surface area contributed by atoms with Crippen molar-refractivity contribution in [1.82, 2.24) is 14.9 Å². The van der Waals surface area contributed by atoms with E-state index in [4.69, 9.17) is 9.72 Å². The lowest BCUT2D eigenvalue weighted by atomic mass is 10.0. The van der Waals surface area contributed by atoms with Crippen molar-refractivity contribution < 1.29 is 4.74 Å². The SMILES string of the molecule is Cc1cc(-c2ccc(CN3C=Cc4cc(N5CCOC(C)C5)ncc4C3)cc2)ccn1. The number of pyridine rings is 2. The molecule has 31 heavy (non-hydrogen) atoms. The van der Waals surface area contributed by atoms with Crippen LogP contribution in [0.15, 0.2) is 61.1 Å². The molecule has 158 valence electrons. The predicted octanol–water partition coefficient (Wildman–Crippen LogP) is 4.66. The number of hydrogen-bond acceptors (Lipinski definition) is 5. The van der Waals surface area contributed by atoms with Gasteiger partial charge in [-0.1, -0.05) is 24.3 Å². The largest absolute Gasteiger partial charge is 0.375 e. The van der Waals surface area contributed by atoms with Gasteiger partial charge < -0.3 is 14.5 Å². The summed E-state index contributed by atoms with van der Waals surface area (Å²) in [5.74, 6) is 1.05. The molecule has 1 unspecified atom stereocenters. The summed E-state index contributed by atoms with van der Waals surface area (Å²) in [5.41, 5.74) is 7.32. The molecule has 0 N–H and O–H groups in total. The summed E-state index contributed by atoms with van der Waals surface area (Å²) in [5, 5.41) is 0. The number of benzene rings is 1. The maximum Gasteiger partial charge on any atom is 0.129 e. The Morgan fingerprint density at radius 3 is 2.74 bits per heavy atom. The van der Waals surface area contributed by atoms with Crippen molar-refractivity contribution in [3.63, 3.8) is 0 Å². The van der Waals surface area contributed by atoms with E-state index in [-0.39, 0.29) is 6.10 Å². The molecule has 2 aliphatic heterocycles. The van der Waals surface area contributed by atoms with E-state index < -0.39 is 0 Å². The van der Waals surface area contributed by atoms with Gasteiger partial charge in [-0.05, 0) is 65.9 Å². The van der Waals surface area contributed by atoms with Crippen LogP contribution in [0.4, 0.5) is 5.82 Å². The zero-order valence-corrected chi connectivity index (χ0v) is 18.2. The second kappa shape index (κ2) is 8.52. The van der Waals surface area contributed by atoms with Crippen molar-refractivity contribution in [3.8, 4) is 11.1 Å². The number of ether oxygens (including phenoxy) is 1. The number of anilines is 1. The van der Waals surface area contributed by atoms with Crippen LogP contribution in [0.1, 0.15) is 29.3 Å². The Morgan fingerprint density at radius 1 is 1.06 bits per heavy atom. The van der Waals surface area contributed by atoms with Crippen molar-refractivity contribution in [3.05, 3.63) is 83.4 Å². The van der Waals surface area contributed by atoms with Gasteiger partial charge in [0.25, 0.3) is 0 Å². The Balaban J connectivity index is 1.26. The molecular weight excluding hydrogens is 384 g/mol. The highest BCUT2D eigenvalue weighted by Gasteiger charge is 2.20. The highest BCUT2D eigenvalue weighted by atomic mass is 16.5. The van der Waals surface area contributed by atoms with Gasteiger partial charge >= 0.3 is 0 Å². The minimum atomic E-state index is 0.256. The molecule has 0 aliphatic carbocycles. The predicted molar refractivity (Wildman–Crippen MR) is 125 cm³/mol. The summed E-state index contributed by atoms with van der Waals surface area (Å²) >= 11 is 0. The van der Waals surface area contributed by atoms with E-state index in [2.05, 4.69) is 76.4 Å². The molecule has 1 saturated heterocycles. The maximum absolute atomic E-state index is 5.66. The first-order chi connectivity index (χ1) is 15.1. The van der Waals surface area contributed by atoms with Crippen LogP contribution in [0, 0.1) is 6.92 Å². The van der Waals surface area contributed by atoms with E-state index in [1.54, 1.807) is 0 Å². The van der Waals surface area contributed by atoms with Crippen molar-refractivity contribution in [1.29, 1.82) is 0 Å². The molecule has 5 nitrogen and oxygen atoms in total. The molecule has 0 amide bonds. The summed E-state index contributed by atoms with van der Waals surface area (Å²) in [7, 11) is 0. The zero-order valence-electron chi connectivity index (χ0n) is 18.2. The molecule has 0 bridgehead atoms. The number of morpholine rings is 1. The fourth-order valence-electron chi connectivity index (χ4n) is 4.30. The monoisotopic (exact) mass is 412 g/mol. The molecule has 3 aromatic rings. The van der Waals surface area contributed by atoms with Gasteiger partial charge in [-0.2, -0.15) is 0 Å². The molecule has 2 aliphatic rings. The van der Waals surface area contributed by atoms with Crippen molar-refractivity contribution in [2.24, 2.45) is 0 Å². The Hall–Kier alpha value is -3.18. The van der Waals surface area contributed by atoms with Crippen LogP contribution in [0.2, 0.25) is 0 Å². The number of nitrogens with zero attached hydrogens (tertiary/aromatic N) is 4. The van der Waals surface area contributed by atoms with Crippen molar-refractivity contribution in [2.75, 3.05) is 24.6 Å². The Kier molecular flexibility index (Phi) is 5.43. The maximum atomic E-state index is 5.66. The van der Waals surface area contributed by atoms with Crippen LogP contribution >= 0.6 is 0 Å². The van der Waals surface area contributed by atoms with Gasteiger partial charge in [0.15, 0.2) is 0 Å². The lowest BCUT2D eigenvalue weighted by Gasteiger charge is -2.33. The number of aryl methyl sites for hydroxylation is 1. The minimum Gasteiger partial charge on any atom is -0.375 e. The molecule has 4 heterocycles. The molecule has 1 atom stereocenters. The Morgan fingerprint density at radius 2 is 1.94 bits per heavy atom. The molecule has 5 rings (SSSR count). The Bertz CT molecular complexity index is 1090. The summed E-state index contributed by atoms with van der Waals surface area (Å²) in [4.78, 5) is 13.7. The van der Waals surface area contributed by atoms with Crippen LogP contribution in [0.25, 0.3) is 17.2 Å². The average molecular weight is 413 g/mol. The van der Waals surface area contributed by atoms with E-state index in [9.17, 15) is 0 Å². The summed E-state index contributed by atoms with van der Waals surface area (Å²) in [6.45, 7) is 8.48. The highest BCUT2D eigenvalue weighted by molar-refractivity contribution is 5.64. The van der Waals surface area contributed by atoms with E-state index in [1.807, 2.05) is 19.3 Å². The van der Waals surface area contributed by atoms with Crippen LogP contribution in [0.5, 0.6) is 0 Å². The Labute approximate surface area is 184 Å². The summed E-state index contributed by atoms with van der Waals surface area (Å²) < 4.78 is 5.66. The van der Waals surface area contributed by atoms with Crippen LogP contribution in [0.3, 0.4) is 0 Å². The third-order valence-corrected chi connectivity index (χ3v) is 5.98. The first-order valence-corrected chi connectivity index (χ1v) is 10.9. The summed E-state index contributed by atoms with van der Waals surface area (Å²) in [6, 6.07) is 15.2. The molecule has 1 aromatic carbocycles. The quantitative estimate of drug-likeness (QED) is 0.623. The minimum absolute atomic E-state index is 0.256. The lowest BCUT2D eigenvalue weighted by molar-refractivity contribution is 0.0529. The van der Waals surface area contributed by atoms with Gasteiger partial charge in [0.2, 0.25) is 0 Å². The van der Waals surface area contributed by atoms with Crippen LogP contribution < -0.4 is 4.90 Å². The van der Waals surface area contributed by atoms with E-state index >= 15 is 0 Å².